The van der Waals surface area contributed by atoms with Crippen molar-refractivity contribution in [3.05, 3.63) is 53.6 Å². The van der Waals surface area contributed by atoms with Crippen LogP contribution >= 0.6 is 0 Å². The number of carbonyl (C=O) groups excluding carboxylic acids is 2. The minimum atomic E-state index is -4.77. The smallest absolute Gasteiger partial charge is 0.328 e. The zero-order valence-corrected chi connectivity index (χ0v) is 16.8. The van der Waals surface area contributed by atoms with E-state index < -0.39 is 23.9 Å². The Morgan fingerprint density at radius 3 is 2.58 bits per heavy atom. The number of carbonyl (C=O) groups is 2. The van der Waals surface area contributed by atoms with Crippen molar-refractivity contribution in [2.24, 2.45) is 0 Å². The number of amides is 2. The van der Waals surface area contributed by atoms with E-state index >= 15 is 0 Å². The Morgan fingerprint density at radius 2 is 1.90 bits per heavy atom. The molecule has 0 unspecified atom stereocenters. The second-order valence-corrected chi connectivity index (χ2v) is 7.33. The molecule has 2 amide bonds. The van der Waals surface area contributed by atoms with E-state index in [4.69, 9.17) is 0 Å². The molecule has 1 aromatic carbocycles. The summed E-state index contributed by atoms with van der Waals surface area (Å²) in [7, 11) is 1.46. The summed E-state index contributed by atoms with van der Waals surface area (Å²) in [6.07, 6.45) is -3.65. The van der Waals surface area contributed by atoms with Gasteiger partial charge in [0.15, 0.2) is 0 Å². The maximum Gasteiger partial charge on any atom is 0.453 e. The summed E-state index contributed by atoms with van der Waals surface area (Å²) in [5, 5.41) is 3.43. The average Bonchev–Trinajstić information content (AvgIpc) is 3.17. The van der Waals surface area contributed by atoms with Crippen LogP contribution in [0, 0.1) is 6.92 Å². The summed E-state index contributed by atoms with van der Waals surface area (Å²) in [4.78, 5) is 36.5. The number of alkyl halides is 3. The molecule has 1 saturated heterocycles. The molecule has 2 aromatic heterocycles. The Balaban J connectivity index is 1.67. The highest BCUT2D eigenvalue weighted by Crippen LogP contribution is 2.27. The van der Waals surface area contributed by atoms with E-state index in [2.05, 4.69) is 15.1 Å². The van der Waals surface area contributed by atoms with E-state index in [0.717, 1.165) is 10.2 Å². The van der Waals surface area contributed by atoms with Crippen LogP contribution in [-0.2, 0) is 11.0 Å². The standard InChI is InChI=1S/C20H19F3N6O2/c1-12-11-15(29-19(24-12)25-18(26-29)20(21,22)23)16(30)27(2)14-9-6-10-28(17(14)31)13-7-4-3-5-8-13/h3-5,7-8,11,14H,6,9-10H2,1-2H3/t14-/m1/s1. The summed E-state index contributed by atoms with van der Waals surface area (Å²) in [5.41, 5.74) is 0.898. The van der Waals surface area contributed by atoms with Crippen molar-refractivity contribution in [3.8, 4) is 0 Å². The number of aromatic nitrogens is 4. The zero-order valence-electron chi connectivity index (χ0n) is 16.8. The number of hydrogen-bond acceptors (Lipinski definition) is 5. The SMILES string of the molecule is Cc1cc(C(=O)N(C)[C@@H]2CCCN(c3ccccc3)C2=O)n2nc(C(F)(F)F)nc2n1. The lowest BCUT2D eigenvalue weighted by Crippen LogP contribution is -2.53. The van der Waals surface area contributed by atoms with Gasteiger partial charge in [-0.1, -0.05) is 18.2 Å². The summed E-state index contributed by atoms with van der Waals surface area (Å²) in [5.74, 6) is -2.59. The summed E-state index contributed by atoms with van der Waals surface area (Å²) < 4.78 is 39.9. The van der Waals surface area contributed by atoms with Crippen LogP contribution < -0.4 is 4.90 Å². The van der Waals surface area contributed by atoms with Gasteiger partial charge < -0.3 is 9.80 Å². The molecule has 1 fully saturated rings. The van der Waals surface area contributed by atoms with Gasteiger partial charge in [0, 0.05) is 25.0 Å². The number of likely N-dealkylation sites (N-methyl/N-ethyl adjacent to an activating group) is 1. The van der Waals surface area contributed by atoms with Crippen molar-refractivity contribution >= 4 is 23.3 Å². The first kappa shape index (κ1) is 20.8. The van der Waals surface area contributed by atoms with Crippen molar-refractivity contribution in [1.29, 1.82) is 0 Å². The third-order valence-electron chi connectivity index (χ3n) is 5.18. The van der Waals surface area contributed by atoms with Crippen LogP contribution in [0.3, 0.4) is 0 Å². The van der Waals surface area contributed by atoms with Gasteiger partial charge in [0.1, 0.15) is 11.7 Å². The topological polar surface area (TPSA) is 83.7 Å². The monoisotopic (exact) mass is 432 g/mol. The number of anilines is 1. The summed E-state index contributed by atoms with van der Waals surface area (Å²) >= 11 is 0. The van der Waals surface area contributed by atoms with Gasteiger partial charge >= 0.3 is 6.18 Å². The van der Waals surface area contributed by atoms with E-state index in [-0.39, 0.29) is 17.4 Å². The maximum absolute atomic E-state index is 13.2. The van der Waals surface area contributed by atoms with Crippen molar-refractivity contribution in [1.82, 2.24) is 24.5 Å². The first-order chi connectivity index (χ1) is 14.7. The predicted molar refractivity (Wildman–Crippen MR) is 104 cm³/mol. The average molecular weight is 432 g/mol. The Morgan fingerprint density at radius 1 is 1.19 bits per heavy atom. The Bertz CT molecular complexity index is 1150. The molecule has 4 rings (SSSR count). The fraction of sp³-hybridized carbons (Fsp3) is 0.350. The molecule has 0 bridgehead atoms. The number of hydrogen-bond donors (Lipinski definition) is 0. The molecule has 0 spiro atoms. The molecule has 11 heteroatoms. The van der Waals surface area contributed by atoms with Crippen LogP contribution in [0.25, 0.3) is 5.78 Å². The van der Waals surface area contributed by atoms with Gasteiger partial charge in [-0.3, -0.25) is 9.59 Å². The van der Waals surface area contributed by atoms with Crippen molar-refractivity contribution in [2.45, 2.75) is 32.0 Å². The second kappa shape index (κ2) is 7.64. The number of nitrogens with zero attached hydrogens (tertiary/aromatic N) is 6. The first-order valence-corrected chi connectivity index (χ1v) is 9.62. The minimum absolute atomic E-state index is 0.141. The Labute approximate surface area is 175 Å². The highest BCUT2D eigenvalue weighted by molar-refractivity contribution is 6.02. The molecule has 3 heterocycles. The van der Waals surface area contributed by atoms with Crippen molar-refractivity contribution in [3.63, 3.8) is 0 Å². The van der Waals surface area contributed by atoms with Crippen LogP contribution in [0.4, 0.5) is 18.9 Å². The number of rotatable bonds is 3. The van der Waals surface area contributed by atoms with E-state index in [1.54, 1.807) is 11.8 Å². The maximum atomic E-state index is 13.2. The fourth-order valence-corrected chi connectivity index (χ4v) is 3.66. The number of halogens is 3. The number of benzene rings is 1. The third-order valence-corrected chi connectivity index (χ3v) is 5.18. The number of fused-ring (bicyclic) bond motifs is 1. The van der Waals surface area contributed by atoms with Gasteiger partial charge in [0.25, 0.3) is 17.5 Å². The highest BCUT2D eigenvalue weighted by Gasteiger charge is 2.38. The lowest BCUT2D eigenvalue weighted by Gasteiger charge is -2.36. The van der Waals surface area contributed by atoms with Crippen LogP contribution in [0.1, 0.15) is 34.8 Å². The van der Waals surface area contributed by atoms with Crippen molar-refractivity contribution in [2.75, 3.05) is 18.5 Å². The highest BCUT2D eigenvalue weighted by atomic mass is 19.4. The van der Waals surface area contributed by atoms with Crippen LogP contribution in [0.5, 0.6) is 0 Å². The summed E-state index contributed by atoms with van der Waals surface area (Å²) in [6.45, 7) is 2.07. The van der Waals surface area contributed by atoms with Gasteiger partial charge in [-0.05, 0) is 38.0 Å². The lowest BCUT2D eigenvalue weighted by atomic mass is 10.0. The minimum Gasteiger partial charge on any atom is -0.328 e. The molecule has 8 nitrogen and oxygen atoms in total. The zero-order chi connectivity index (χ0) is 22.3. The van der Waals surface area contributed by atoms with Gasteiger partial charge in [0.2, 0.25) is 5.91 Å². The quantitative estimate of drug-likeness (QED) is 0.636. The molecule has 31 heavy (non-hydrogen) atoms. The molecule has 0 saturated carbocycles. The van der Waals surface area contributed by atoms with E-state index in [9.17, 15) is 22.8 Å². The largest absolute Gasteiger partial charge is 0.453 e. The molecule has 3 aromatic rings. The number of aryl methyl sites for hydroxylation is 1. The first-order valence-electron chi connectivity index (χ1n) is 9.62. The third kappa shape index (κ3) is 3.82. The molecule has 1 atom stereocenters. The van der Waals surface area contributed by atoms with Gasteiger partial charge in [0.05, 0.1) is 0 Å². The molecule has 1 aliphatic rings. The molecule has 1 aliphatic heterocycles. The fourth-order valence-electron chi connectivity index (χ4n) is 3.66. The molecular formula is C20H19F3N6O2. The molecule has 0 radical (unpaired) electrons. The number of piperidine rings is 1. The van der Waals surface area contributed by atoms with E-state index in [0.29, 0.717) is 25.1 Å². The van der Waals surface area contributed by atoms with Crippen LogP contribution in [0.2, 0.25) is 0 Å². The molecule has 0 aliphatic carbocycles. The molecule has 0 N–H and O–H groups in total. The predicted octanol–water partition coefficient (Wildman–Crippen LogP) is 2.72. The Kier molecular flexibility index (Phi) is 5.11. The van der Waals surface area contributed by atoms with Gasteiger partial charge in [-0.25, -0.2) is 4.98 Å². The number of para-hydroxylation sites is 1. The van der Waals surface area contributed by atoms with E-state index in [1.807, 2.05) is 30.3 Å². The van der Waals surface area contributed by atoms with Crippen LogP contribution in [0.15, 0.2) is 36.4 Å². The lowest BCUT2D eigenvalue weighted by molar-refractivity contribution is -0.144. The summed E-state index contributed by atoms with van der Waals surface area (Å²) in [6, 6.07) is 9.69. The van der Waals surface area contributed by atoms with E-state index in [1.165, 1.54) is 18.0 Å². The van der Waals surface area contributed by atoms with Crippen molar-refractivity contribution < 1.29 is 22.8 Å². The second-order valence-electron chi connectivity index (χ2n) is 7.33. The van der Waals surface area contributed by atoms with Gasteiger partial charge in [-0.15, -0.1) is 5.10 Å². The molecular weight excluding hydrogens is 413 g/mol. The van der Waals surface area contributed by atoms with Gasteiger partial charge in [-0.2, -0.15) is 22.7 Å². The molecule has 162 valence electrons. The van der Waals surface area contributed by atoms with Crippen LogP contribution in [-0.4, -0.2) is 55.9 Å². The Hall–Kier alpha value is -3.50. The normalized spacial score (nSPS) is 17.3.